The molecule has 2 unspecified atom stereocenters. The van der Waals surface area contributed by atoms with Gasteiger partial charge in [-0.05, 0) is 43.0 Å². The number of hydrogen-bond acceptors (Lipinski definition) is 4. The molecule has 0 aromatic carbocycles. The van der Waals surface area contributed by atoms with Crippen LogP contribution >= 0.6 is 11.3 Å². The van der Waals surface area contributed by atoms with E-state index < -0.39 is 0 Å². The zero-order valence-electron chi connectivity index (χ0n) is 11.1. The van der Waals surface area contributed by atoms with Gasteiger partial charge in [-0.1, -0.05) is 13.0 Å². The van der Waals surface area contributed by atoms with E-state index in [1.165, 1.54) is 21.0 Å². The Labute approximate surface area is 117 Å². The molecule has 2 atom stereocenters. The van der Waals surface area contributed by atoms with Crippen LogP contribution in [-0.4, -0.2) is 4.98 Å². The van der Waals surface area contributed by atoms with Crippen LogP contribution in [0.25, 0.3) is 0 Å². The lowest BCUT2D eigenvalue weighted by Crippen LogP contribution is -2.31. The fourth-order valence-corrected chi connectivity index (χ4v) is 4.00. The van der Waals surface area contributed by atoms with E-state index in [0.717, 1.165) is 19.3 Å². The Balaban J connectivity index is 1.91. The van der Waals surface area contributed by atoms with Crippen molar-refractivity contribution >= 4 is 11.3 Å². The highest BCUT2D eigenvalue weighted by Gasteiger charge is 2.32. The number of fused-ring (bicyclic) bond motifs is 1. The van der Waals surface area contributed by atoms with Crippen LogP contribution in [0.1, 0.15) is 46.3 Å². The third kappa shape index (κ3) is 2.31. The fourth-order valence-electron chi connectivity index (χ4n) is 2.92. The first-order chi connectivity index (χ1) is 9.33. The molecule has 0 radical (unpaired) electrons. The molecule has 1 aliphatic carbocycles. The molecule has 0 fully saturated rings. The molecule has 0 aliphatic heterocycles. The zero-order chi connectivity index (χ0) is 13.2. The summed E-state index contributed by atoms with van der Waals surface area (Å²) >= 11 is 1.86. The van der Waals surface area contributed by atoms with E-state index in [1.54, 1.807) is 0 Å². The topological polar surface area (TPSA) is 50.9 Å². The number of hydrogen-bond donors (Lipinski definition) is 2. The first-order valence-corrected chi connectivity index (χ1v) is 7.63. The van der Waals surface area contributed by atoms with E-state index in [1.807, 2.05) is 23.6 Å². The molecule has 0 amide bonds. The molecular weight excluding hydrogens is 254 g/mol. The minimum absolute atomic E-state index is 0.182. The van der Waals surface area contributed by atoms with E-state index in [-0.39, 0.29) is 6.04 Å². The van der Waals surface area contributed by atoms with Crippen LogP contribution in [0.3, 0.4) is 0 Å². The highest BCUT2D eigenvalue weighted by molar-refractivity contribution is 7.12. The van der Waals surface area contributed by atoms with Crippen LogP contribution in [0.4, 0.5) is 0 Å². The second-order valence-electron chi connectivity index (χ2n) is 4.99. The van der Waals surface area contributed by atoms with Crippen molar-refractivity contribution < 1.29 is 0 Å². The smallest absolute Gasteiger partial charge is 0.0637 e. The molecule has 0 bridgehead atoms. The summed E-state index contributed by atoms with van der Waals surface area (Å²) in [5, 5.41) is 0. The van der Waals surface area contributed by atoms with E-state index >= 15 is 0 Å². The predicted octanol–water partition coefficient (Wildman–Crippen LogP) is 2.94. The largest absolute Gasteiger partial charge is 0.271 e. The number of aromatic nitrogens is 1. The van der Waals surface area contributed by atoms with Crippen molar-refractivity contribution in [1.82, 2.24) is 10.4 Å². The maximum absolute atomic E-state index is 5.82. The maximum Gasteiger partial charge on any atom is 0.0637 e. The molecule has 19 heavy (non-hydrogen) atoms. The van der Waals surface area contributed by atoms with E-state index in [9.17, 15) is 0 Å². The number of nitrogens with one attached hydrogen (secondary N) is 1. The fraction of sp³-hybridized carbons (Fsp3) is 0.400. The highest BCUT2D eigenvalue weighted by atomic mass is 32.1. The van der Waals surface area contributed by atoms with Gasteiger partial charge in [-0.3, -0.25) is 16.3 Å². The number of nitrogens with zero attached hydrogens (tertiary/aromatic N) is 1. The SMILES string of the molecule is CCc1ccc(C(NN)C2CCc3cccnc32)s1. The number of pyridine rings is 1. The minimum Gasteiger partial charge on any atom is -0.271 e. The number of rotatable bonds is 4. The van der Waals surface area contributed by atoms with Gasteiger partial charge in [0, 0.05) is 27.6 Å². The lowest BCUT2D eigenvalue weighted by Gasteiger charge is -2.21. The first-order valence-electron chi connectivity index (χ1n) is 6.82. The predicted molar refractivity (Wildman–Crippen MR) is 79.1 cm³/mol. The molecule has 0 saturated carbocycles. The standard InChI is InChI=1S/C15H19N3S/c1-2-11-6-8-13(19-11)15(18-16)12-7-5-10-4-3-9-17-14(10)12/h3-4,6,8-9,12,15,18H,2,5,7,16H2,1H3. The summed E-state index contributed by atoms with van der Waals surface area (Å²) in [6.45, 7) is 2.19. The van der Waals surface area contributed by atoms with Crippen molar-refractivity contribution in [2.24, 2.45) is 5.84 Å². The van der Waals surface area contributed by atoms with Gasteiger partial charge in [0.15, 0.2) is 0 Å². The molecule has 1 aliphatic rings. The molecular formula is C15H19N3S. The van der Waals surface area contributed by atoms with Crippen LogP contribution < -0.4 is 11.3 Å². The number of hydrazine groups is 1. The third-order valence-electron chi connectivity index (χ3n) is 3.92. The van der Waals surface area contributed by atoms with Gasteiger partial charge < -0.3 is 0 Å². The zero-order valence-corrected chi connectivity index (χ0v) is 11.9. The average Bonchev–Trinajstić information content (AvgIpc) is 3.07. The molecule has 3 rings (SSSR count). The summed E-state index contributed by atoms with van der Waals surface area (Å²) in [4.78, 5) is 7.30. The lowest BCUT2D eigenvalue weighted by molar-refractivity contribution is 0.453. The van der Waals surface area contributed by atoms with Gasteiger partial charge in [-0.15, -0.1) is 11.3 Å². The Kier molecular flexibility index (Phi) is 3.64. The minimum atomic E-state index is 0.182. The van der Waals surface area contributed by atoms with Gasteiger partial charge in [-0.25, -0.2) is 0 Å². The van der Waals surface area contributed by atoms with E-state index in [2.05, 4.69) is 35.5 Å². The normalized spacial score (nSPS) is 19.4. The summed E-state index contributed by atoms with van der Waals surface area (Å²) in [7, 11) is 0. The molecule has 4 heteroatoms. The van der Waals surface area contributed by atoms with Crippen LogP contribution in [0, 0.1) is 0 Å². The third-order valence-corrected chi connectivity index (χ3v) is 5.23. The number of thiophene rings is 1. The number of aryl methyl sites for hydroxylation is 2. The molecule has 100 valence electrons. The van der Waals surface area contributed by atoms with Crippen molar-refractivity contribution in [1.29, 1.82) is 0 Å². The molecule has 3 nitrogen and oxygen atoms in total. The Bertz CT molecular complexity index is 564. The van der Waals surface area contributed by atoms with Gasteiger partial charge in [0.2, 0.25) is 0 Å². The van der Waals surface area contributed by atoms with Gasteiger partial charge >= 0.3 is 0 Å². The number of nitrogens with two attached hydrogens (primary N) is 1. The van der Waals surface area contributed by atoms with Crippen molar-refractivity contribution in [3.63, 3.8) is 0 Å². The summed E-state index contributed by atoms with van der Waals surface area (Å²) in [5.74, 6) is 6.21. The second kappa shape index (κ2) is 5.41. The summed E-state index contributed by atoms with van der Waals surface area (Å²) in [5.41, 5.74) is 5.60. The average molecular weight is 273 g/mol. The maximum atomic E-state index is 5.82. The van der Waals surface area contributed by atoms with Gasteiger partial charge in [0.1, 0.15) is 0 Å². The van der Waals surface area contributed by atoms with Crippen molar-refractivity contribution in [2.45, 2.75) is 38.1 Å². The molecule has 0 saturated heterocycles. The first kappa shape index (κ1) is 12.8. The molecule has 0 spiro atoms. The highest BCUT2D eigenvalue weighted by Crippen LogP contribution is 2.41. The van der Waals surface area contributed by atoms with Crippen molar-refractivity contribution in [2.75, 3.05) is 0 Å². The van der Waals surface area contributed by atoms with Crippen LogP contribution in [0.2, 0.25) is 0 Å². The molecule has 3 N–H and O–H groups in total. The van der Waals surface area contributed by atoms with Crippen LogP contribution in [0.5, 0.6) is 0 Å². The van der Waals surface area contributed by atoms with Crippen LogP contribution in [-0.2, 0) is 12.8 Å². The Morgan fingerprint density at radius 2 is 2.37 bits per heavy atom. The monoisotopic (exact) mass is 273 g/mol. The molecule has 2 heterocycles. The van der Waals surface area contributed by atoms with Crippen molar-refractivity contribution in [3.8, 4) is 0 Å². The van der Waals surface area contributed by atoms with Gasteiger partial charge in [0.05, 0.1) is 6.04 Å². The summed E-state index contributed by atoms with van der Waals surface area (Å²) < 4.78 is 0. The summed E-state index contributed by atoms with van der Waals surface area (Å²) in [6.07, 6.45) is 5.21. The van der Waals surface area contributed by atoms with E-state index in [0.29, 0.717) is 5.92 Å². The Hall–Kier alpha value is -1.23. The summed E-state index contributed by atoms with van der Waals surface area (Å²) in [6, 6.07) is 8.79. The Morgan fingerprint density at radius 1 is 1.47 bits per heavy atom. The Morgan fingerprint density at radius 3 is 3.11 bits per heavy atom. The van der Waals surface area contributed by atoms with E-state index in [4.69, 9.17) is 5.84 Å². The van der Waals surface area contributed by atoms with Crippen molar-refractivity contribution in [3.05, 3.63) is 51.5 Å². The lowest BCUT2D eigenvalue weighted by atomic mass is 9.96. The molecule has 2 aromatic rings. The second-order valence-corrected chi connectivity index (χ2v) is 6.19. The van der Waals surface area contributed by atoms with Crippen LogP contribution in [0.15, 0.2) is 30.5 Å². The van der Waals surface area contributed by atoms with Gasteiger partial charge in [0.25, 0.3) is 0 Å². The molecule has 2 aromatic heterocycles. The quantitative estimate of drug-likeness (QED) is 0.665. The van der Waals surface area contributed by atoms with Gasteiger partial charge in [-0.2, -0.15) is 0 Å².